The van der Waals surface area contributed by atoms with Gasteiger partial charge in [-0.3, -0.25) is 9.59 Å². The number of carbonyl (C=O) groups excluding carboxylic acids is 2. The summed E-state index contributed by atoms with van der Waals surface area (Å²) in [4.78, 5) is 27.2. The topological polar surface area (TPSA) is 78.5 Å². The Morgan fingerprint density at radius 2 is 1.88 bits per heavy atom. The van der Waals surface area contributed by atoms with Gasteiger partial charge in [0.25, 0.3) is 0 Å². The molecule has 0 spiro atoms. The van der Waals surface area contributed by atoms with Crippen LogP contribution in [0.25, 0.3) is 0 Å². The molecule has 2 aromatic rings. The largest absolute Gasteiger partial charge is 0.341 e. The summed E-state index contributed by atoms with van der Waals surface area (Å²) in [6, 6.07) is 12.2. The summed E-state index contributed by atoms with van der Waals surface area (Å²) in [5.74, 6) is 0.430. The molecule has 1 heterocycles. The second-order valence-electron chi connectivity index (χ2n) is 8.74. The van der Waals surface area contributed by atoms with Crippen molar-refractivity contribution in [2.75, 3.05) is 18.4 Å². The van der Waals surface area contributed by atoms with Gasteiger partial charge >= 0.3 is 0 Å². The van der Waals surface area contributed by atoms with Crippen molar-refractivity contribution < 1.29 is 13.8 Å². The molecule has 2 N–H and O–H groups in total. The first-order valence-electron chi connectivity index (χ1n) is 11.3. The van der Waals surface area contributed by atoms with E-state index < -0.39 is 17.0 Å². The molecule has 0 saturated carbocycles. The number of hydrogen-bond acceptors (Lipinski definition) is 3. The number of hydrogen-bond donors (Lipinski definition) is 2. The van der Waals surface area contributed by atoms with Gasteiger partial charge in [-0.05, 0) is 73.9 Å². The zero-order valence-corrected chi connectivity index (χ0v) is 21.0. The minimum absolute atomic E-state index is 0.0187. The highest BCUT2D eigenvalue weighted by atomic mass is 35.5. The second kappa shape index (κ2) is 11.8. The van der Waals surface area contributed by atoms with Crippen LogP contribution >= 0.6 is 11.6 Å². The van der Waals surface area contributed by atoms with E-state index in [1.165, 1.54) is 6.92 Å². The van der Waals surface area contributed by atoms with E-state index in [0.717, 1.165) is 37.1 Å². The van der Waals surface area contributed by atoms with Gasteiger partial charge in [0.05, 0.1) is 10.9 Å². The number of benzene rings is 2. The number of rotatable bonds is 8. The van der Waals surface area contributed by atoms with E-state index in [1.807, 2.05) is 36.1 Å². The van der Waals surface area contributed by atoms with E-state index in [-0.39, 0.29) is 11.8 Å². The number of amides is 2. The second-order valence-corrected chi connectivity index (χ2v) is 10.4. The van der Waals surface area contributed by atoms with E-state index in [4.69, 9.17) is 11.6 Å². The van der Waals surface area contributed by atoms with Gasteiger partial charge in [-0.2, -0.15) is 0 Å². The molecular weight excluding hydrogens is 458 g/mol. The Hall–Kier alpha value is -2.22. The normalized spacial score (nSPS) is 16.3. The summed E-state index contributed by atoms with van der Waals surface area (Å²) < 4.78 is 16.3. The molecular formula is C25H32ClN3O3S. The van der Waals surface area contributed by atoms with Gasteiger partial charge in [-0.15, -0.1) is 0 Å². The van der Waals surface area contributed by atoms with Crippen LogP contribution in [0, 0.1) is 12.8 Å². The van der Waals surface area contributed by atoms with Crippen molar-refractivity contribution in [3.63, 3.8) is 0 Å². The fraction of sp³-hybridized carbons (Fsp3) is 0.440. The van der Waals surface area contributed by atoms with Crippen molar-refractivity contribution in [3.05, 3.63) is 58.6 Å². The van der Waals surface area contributed by atoms with Gasteiger partial charge in [0.1, 0.15) is 11.0 Å². The van der Waals surface area contributed by atoms with Crippen LogP contribution in [0.15, 0.2) is 47.4 Å². The lowest BCUT2D eigenvalue weighted by atomic mass is 9.98. The lowest BCUT2D eigenvalue weighted by Crippen LogP contribution is -2.49. The first-order valence-corrected chi connectivity index (χ1v) is 12.9. The molecule has 33 heavy (non-hydrogen) atoms. The van der Waals surface area contributed by atoms with Gasteiger partial charge < -0.3 is 10.2 Å². The smallest absolute Gasteiger partial charge is 0.240 e. The van der Waals surface area contributed by atoms with Crippen LogP contribution in [0.5, 0.6) is 0 Å². The number of nitrogens with one attached hydrogen (secondary N) is 2. The SMILES string of the molecule is CC(=O)Nc1ccc(S(=O)NC(CCc2ccccc2Cl)C(=O)N2CCC(C)CC2)c(C)c1. The van der Waals surface area contributed by atoms with E-state index in [1.54, 1.807) is 18.2 Å². The van der Waals surface area contributed by atoms with E-state index in [2.05, 4.69) is 17.0 Å². The highest BCUT2D eigenvalue weighted by molar-refractivity contribution is 7.83. The maximum atomic E-state index is 13.4. The van der Waals surface area contributed by atoms with Gasteiger partial charge in [-0.1, -0.05) is 36.7 Å². The average Bonchev–Trinajstić information content (AvgIpc) is 2.77. The van der Waals surface area contributed by atoms with Crippen LogP contribution in [0.2, 0.25) is 5.02 Å². The van der Waals surface area contributed by atoms with E-state index in [0.29, 0.717) is 34.4 Å². The third-order valence-corrected chi connectivity index (χ3v) is 7.72. The quantitative estimate of drug-likeness (QED) is 0.573. The predicted molar refractivity (Wildman–Crippen MR) is 134 cm³/mol. The minimum atomic E-state index is -1.58. The summed E-state index contributed by atoms with van der Waals surface area (Å²) in [5, 5.41) is 3.40. The van der Waals surface area contributed by atoms with Crippen molar-refractivity contribution >= 4 is 40.1 Å². The Balaban J connectivity index is 1.76. The Bertz CT molecular complexity index is 1020. The Morgan fingerprint density at radius 1 is 1.18 bits per heavy atom. The van der Waals surface area contributed by atoms with Crippen LogP contribution in [0.1, 0.15) is 44.2 Å². The van der Waals surface area contributed by atoms with Gasteiger partial charge in [-0.25, -0.2) is 8.93 Å². The molecule has 0 bridgehead atoms. The predicted octanol–water partition coefficient (Wildman–Crippen LogP) is 4.48. The first-order chi connectivity index (χ1) is 15.7. The van der Waals surface area contributed by atoms with Crippen molar-refractivity contribution in [2.24, 2.45) is 5.92 Å². The Labute approximate surface area is 203 Å². The molecule has 1 aliphatic rings. The van der Waals surface area contributed by atoms with Crippen LogP contribution in [-0.2, 0) is 27.0 Å². The molecule has 1 aliphatic heterocycles. The van der Waals surface area contributed by atoms with E-state index >= 15 is 0 Å². The first kappa shape index (κ1) is 25.4. The molecule has 2 amide bonds. The average molecular weight is 490 g/mol. The van der Waals surface area contributed by atoms with Crippen molar-refractivity contribution in [2.45, 2.75) is 57.4 Å². The standard InChI is InChI=1S/C25H32ClN3O3S/c1-17-12-14-29(15-13-17)25(31)23(10-8-20-6-4-5-7-22(20)26)28-33(32)24-11-9-21(16-18(24)2)27-19(3)30/h4-7,9,11,16-17,23,28H,8,10,12-15H2,1-3H3,(H,27,30). The third kappa shape index (κ3) is 7.13. The van der Waals surface area contributed by atoms with Gasteiger partial charge in [0.2, 0.25) is 11.8 Å². The van der Waals surface area contributed by atoms with Crippen LogP contribution in [0.4, 0.5) is 5.69 Å². The molecule has 2 aromatic carbocycles. The van der Waals surface area contributed by atoms with Crippen molar-refractivity contribution in [3.8, 4) is 0 Å². The molecule has 1 fully saturated rings. The van der Waals surface area contributed by atoms with Crippen molar-refractivity contribution in [1.29, 1.82) is 0 Å². The van der Waals surface area contributed by atoms with Gasteiger partial charge in [0, 0.05) is 30.7 Å². The van der Waals surface area contributed by atoms with Crippen LogP contribution < -0.4 is 10.0 Å². The highest BCUT2D eigenvalue weighted by Crippen LogP contribution is 2.22. The van der Waals surface area contributed by atoms with Gasteiger partial charge in [0.15, 0.2) is 0 Å². The summed E-state index contributed by atoms with van der Waals surface area (Å²) in [5.41, 5.74) is 2.39. The van der Waals surface area contributed by atoms with Crippen LogP contribution in [-0.4, -0.2) is 40.1 Å². The van der Waals surface area contributed by atoms with Crippen molar-refractivity contribution in [1.82, 2.24) is 9.62 Å². The lowest BCUT2D eigenvalue weighted by Gasteiger charge is -2.33. The fourth-order valence-corrected chi connectivity index (χ4v) is 5.39. The summed E-state index contributed by atoms with van der Waals surface area (Å²) >= 11 is 6.32. The zero-order valence-electron chi connectivity index (χ0n) is 19.4. The third-order valence-electron chi connectivity index (χ3n) is 6.00. The molecule has 2 unspecified atom stereocenters. The summed E-state index contributed by atoms with van der Waals surface area (Å²) in [6.45, 7) is 6.94. The number of nitrogens with zero attached hydrogens (tertiary/aromatic N) is 1. The molecule has 0 aliphatic carbocycles. The molecule has 6 nitrogen and oxygen atoms in total. The molecule has 8 heteroatoms. The molecule has 1 saturated heterocycles. The van der Waals surface area contributed by atoms with Crippen LogP contribution in [0.3, 0.4) is 0 Å². The Morgan fingerprint density at radius 3 is 2.52 bits per heavy atom. The molecule has 178 valence electrons. The van der Waals surface area contributed by atoms with E-state index in [9.17, 15) is 13.8 Å². The number of piperidine rings is 1. The fourth-order valence-electron chi connectivity index (χ4n) is 4.01. The molecule has 0 radical (unpaired) electrons. The number of likely N-dealkylation sites (tertiary alicyclic amines) is 1. The number of carbonyl (C=O) groups is 2. The maximum Gasteiger partial charge on any atom is 0.240 e. The monoisotopic (exact) mass is 489 g/mol. The maximum absolute atomic E-state index is 13.4. The summed E-state index contributed by atoms with van der Waals surface area (Å²) in [7, 11) is -1.58. The number of anilines is 1. The zero-order chi connectivity index (χ0) is 24.0. The summed E-state index contributed by atoms with van der Waals surface area (Å²) in [6.07, 6.45) is 3.06. The minimum Gasteiger partial charge on any atom is -0.341 e. The highest BCUT2D eigenvalue weighted by Gasteiger charge is 2.29. The lowest BCUT2D eigenvalue weighted by molar-refractivity contribution is -0.134. The molecule has 3 rings (SSSR count). The number of aryl methyl sites for hydroxylation is 2. The Kier molecular flexibility index (Phi) is 9.06. The molecule has 2 atom stereocenters. The number of halogens is 1. The molecule has 0 aromatic heterocycles.